The molecule has 1 aromatic rings. The highest BCUT2D eigenvalue weighted by Gasteiger charge is 2.11. The van der Waals surface area contributed by atoms with Gasteiger partial charge in [0.1, 0.15) is 5.75 Å². The summed E-state index contributed by atoms with van der Waals surface area (Å²) in [7, 11) is 0. The van der Waals surface area contributed by atoms with Gasteiger partial charge in [0.05, 0.1) is 6.61 Å². The first kappa shape index (κ1) is 9.53. The van der Waals surface area contributed by atoms with Crippen LogP contribution < -0.4 is 0 Å². The van der Waals surface area contributed by atoms with Gasteiger partial charge in [-0.1, -0.05) is 6.42 Å². The molecule has 0 spiro atoms. The second-order valence-corrected chi connectivity index (χ2v) is 3.97. The Morgan fingerprint density at radius 3 is 2.29 bits per heavy atom. The lowest BCUT2D eigenvalue weighted by atomic mass is 9.99. The van der Waals surface area contributed by atoms with Crippen LogP contribution >= 0.6 is 0 Å². The summed E-state index contributed by atoms with van der Waals surface area (Å²) < 4.78 is 0. The Labute approximate surface area is 84.2 Å². The number of benzene rings is 1. The Balaban J connectivity index is 2.41. The normalized spacial score (nSPS) is 16.1. The third kappa shape index (κ3) is 1.75. The number of rotatable bonds is 1. The van der Waals surface area contributed by atoms with Crippen LogP contribution in [0.4, 0.5) is 0 Å². The third-order valence-corrected chi connectivity index (χ3v) is 2.96. The highest BCUT2D eigenvalue weighted by atomic mass is 16.3. The van der Waals surface area contributed by atoms with Crippen LogP contribution in [0.25, 0.3) is 0 Å². The van der Waals surface area contributed by atoms with Gasteiger partial charge in [-0.25, -0.2) is 0 Å². The lowest BCUT2D eigenvalue weighted by Gasteiger charge is -2.09. The van der Waals surface area contributed by atoms with Gasteiger partial charge in [-0.05, 0) is 48.9 Å². The number of phenols is 1. The van der Waals surface area contributed by atoms with E-state index in [-0.39, 0.29) is 12.4 Å². The molecule has 0 saturated heterocycles. The smallest absolute Gasteiger partial charge is 0.121 e. The van der Waals surface area contributed by atoms with Crippen molar-refractivity contribution < 1.29 is 10.2 Å². The first-order valence-electron chi connectivity index (χ1n) is 5.26. The van der Waals surface area contributed by atoms with E-state index in [1.807, 2.05) is 12.1 Å². The first-order valence-corrected chi connectivity index (χ1v) is 5.26. The summed E-state index contributed by atoms with van der Waals surface area (Å²) in [4.78, 5) is 0. The van der Waals surface area contributed by atoms with Gasteiger partial charge in [0, 0.05) is 5.56 Å². The van der Waals surface area contributed by atoms with Gasteiger partial charge in [-0.2, -0.15) is 0 Å². The zero-order valence-electron chi connectivity index (χ0n) is 8.29. The average Bonchev–Trinajstić information content (AvgIpc) is 2.41. The van der Waals surface area contributed by atoms with Crippen molar-refractivity contribution in [1.82, 2.24) is 0 Å². The van der Waals surface area contributed by atoms with Gasteiger partial charge in [0.15, 0.2) is 0 Å². The van der Waals surface area contributed by atoms with Gasteiger partial charge >= 0.3 is 0 Å². The van der Waals surface area contributed by atoms with Crippen molar-refractivity contribution in [1.29, 1.82) is 0 Å². The number of aromatic hydroxyl groups is 1. The molecule has 0 heterocycles. The number of aryl methyl sites for hydroxylation is 2. The Bertz CT molecular complexity index is 331. The van der Waals surface area contributed by atoms with Crippen molar-refractivity contribution in [2.24, 2.45) is 0 Å². The van der Waals surface area contributed by atoms with Crippen molar-refractivity contribution in [3.8, 4) is 5.75 Å². The minimum Gasteiger partial charge on any atom is -0.508 e. The van der Waals surface area contributed by atoms with E-state index in [0.29, 0.717) is 5.56 Å². The average molecular weight is 192 g/mol. The number of hydrogen-bond acceptors (Lipinski definition) is 2. The molecule has 0 bridgehead atoms. The van der Waals surface area contributed by atoms with E-state index >= 15 is 0 Å². The van der Waals surface area contributed by atoms with Gasteiger partial charge in [-0.15, -0.1) is 0 Å². The SMILES string of the molecule is OCc1cc2c(cc1O)CCCCC2. The molecule has 0 radical (unpaired) electrons. The minimum atomic E-state index is -0.0703. The summed E-state index contributed by atoms with van der Waals surface area (Å²) in [6, 6.07) is 3.78. The molecule has 76 valence electrons. The zero-order chi connectivity index (χ0) is 9.97. The molecular formula is C12H16O2. The maximum Gasteiger partial charge on any atom is 0.121 e. The molecule has 2 rings (SSSR count). The Hall–Kier alpha value is -1.02. The molecular weight excluding hydrogens is 176 g/mol. The third-order valence-electron chi connectivity index (χ3n) is 2.96. The predicted octanol–water partition coefficient (Wildman–Crippen LogP) is 2.15. The fourth-order valence-electron chi connectivity index (χ4n) is 2.13. The topological polar surface area (TPSA) is 40.5 Å². The Morgan fingerprint density at radius 1 is 1.00 bits per heavy atom. The fraction of sp³-hybridized carbons (Fsp3) is 0.500. The summed E-state index contributed by atoms with van der Waals surface area (Å²) in [5.41, 5.74) is 3.23. The molecule has 1 aliphatic carbocycles. The van der Waals surface area contributed by atoms with Crippen molar-refractivity contribution in [2.75, 3.05) is 0 Å². The molecule has 2 N–H and O–H groups in total. The van der Waals surface area contributed by atoms with Crippen LogP contribution in [0.5, 0.6) is 5.75 Å². The number of fused-ring (bicyclic) bond motifs is 1. The molecule has 0 amide bonds. The molecule has 2 nitrogen and oxygen atoms in total. The highest BCUT2D eigenvalue weighted by Crippen LogP contribution is 2.27. The molecule has 0 unspecified atom stereocenters. The second kappa shape index (κ2) is 4.01. The van der Waals surface area contributed by atoms with Crippen LogP contribution in [0.3, 0.4) is 0 Å². The minimum absolute atomic E-state index is 0.0703. The Morgan fingerprint density at radius 2 is 1.64 bits per heavy atom. The summed E-state index contributed by atoms with van der Waals surface area (Å²) in [6.07, 6.45) is 5.86. The van der Waals surface area contributed by atoms with E-state index in [9.17, 15) is 5.11 Å². The molecule has 2 heteroatoms. The highest BCUT2D eigenvalue weighted by molar-refractivity contribution is 5.42. The van der Waals surface area contributed by atoms with Crippen LogP contribution in [0, 0.1) is 0 Å². The van der Waals surface area contributed by atoms with Gasteiger partial charge in [-0.3, -0.25) is 0 Å². The lowest BCUT2D eigenvalue weighted by Crippen LogP contribution is -1.94. The van der Waals surface area contributed by atoms with Crippen molar-refractivity contribution in [2.45, 2.75) is 38.7 Å². The molecule has 0 aromatic heterocycles. The van der Waals surface area contributed by atoms with E-state index in [1.165, 1.54) is 30.4 Å². The maximum atomic E-state index is 9.60. The van der Waals surface area contributed by atoms with Crippen LogP contribution in [-0.2, 0) is 19.4 Å². The maximum absolute atomic E-state index is 9.60. The fourth-order valence-corrected chi connectivity index (χ4v) is 2.13. The summed E-state index contributed by atoms with van der Waals surface area (Å²) in [5.74, 6) is 0.244. The first-order chi connectivity index (χ1) is 6.81. The number of aliphatic hydroxyl groups is 1. The lowest BCUT2D eigenvalue weighted by molar-refractivity contribution is 0.275. The van der Waals surface area contributed by atoms with Crippen LogP contribution in [0.1, 0.15) is 36.0 Å². The molecule has 1 aromatic carbocycles. The molecule has 0 saturated carbocycles. The molecule has 0 aliphatic heterocycles. The molecule has 0 atom stereocenters. The Kier molecular flexibility index (Phi) is 2.73. The summed E-state index contributed by atoms with van der Waals surface area (Å²) >= 11 is 0. The zero-order valence-corrected chi connectivity index (χ0v) is 8.29. The van der Waals surface area contributed by atoms with E-state index in [1.54, 1.807) is 0 Å². The summed E-state index contributed by atoms with van der Waals surface area (Å²) in [6.45, 7) is -0.0703. The quantitative estimate of drug-likeness (QED) is 0.669. The number of hydrogen-bond donors (Lipinski definition) is 2. The van der Waals surface area contributed by atoms with Gasteiger partial charge in [0.2, 0.25) is 0 Å². The molecule has 1 aliphatic rings. The van der Waals surface area contributed by atoms with Crippen LogP contribution in [0.15, 0.2) is 12.1 Å². The molecule has 0 fully saturated rings. The second-order valence-electron chi connectivity index (χ2n) is 3.97. The van der Waals surface area contributed by atoms with Gasteiger partial charge < -0.3 is 10.2 Å². The van der Waals surface area contributed by atoms with Crippen molar-refractivity contribution >= 4 is 0 Å². The van der Waals surface area contributed by atoms with Crippen molar-refractivity contribution in [3.05, 3.63) is 28.8 Å². The van der Waals surface area contributed by atoms with E-state index in [2.05, 4.69) is 0 Å². The van der Waals surface area contributed by atoms with E-state index < -0.39 is 0 Å². The monoisotopic (exact) mass is 192 g/mol. The largest absolute Gasteiger partial charge is 0.508 e. The van der Waals surface area contributed by atoms with E-state index in [4.69, 9.17) is 5.11 Å². The summed E-state index contributed by atoms with van der Waals surface area (Å²) in [5, 5.41) is 18.6. The number of aliphatic hydroxyl groups excluding tert-OH is 1. The van der Waals surface area contributed by atoms with Crippen LogP contribution in [-0.4, -0.2) is 10.2 Å². The van der Waals surface area contributed by atoms with E-state index in [0.717, 1.165) is 12.8 Å². The standard InChI is InChI=1S/C12H16O2/c13-8-11-6-9-4-2-1-3-5-10(9)7-12(11)14/h6-7,13-14H,1-5,8H2. The van der Waals surface area contributed by atoms with Crippen LogP contribution in [0.2, 0.25) is 0 Å². The van der Waals surface area contributed by atoms with Gasteiger partial charge in [0.25, 0.3) is 0 Å². The molecule has 14 heavy (non-hydrogen) atoms. The predicted molar refractivity (Wildman–Crippen MR) is 55.3 cm³/mol. The van der Waals surface area contributed by atoms with Crippen molar-refractivity contribution in [3.63, 3.8) is 0 Å².